The lowest BCUT2D eigenvalue weighted by molar-refractivity contribution is 0.102. The molecule has 6 nitrogen and oxygen atoms in total. The number of benzene rings is 2. The van der Waals surface area contributed by atoms with Gasteiger partial charge >= 0.3 is 0 Å². The Bertz CT molecular complexity index is 939. The van der Waals surface area contributed by atoms with Crippen LogP contribution in [0.15, 0.2) is 60.9 Å². The minimum absolute atomic E-state index is 0.104. The topological polar surface area (TPSA) is 76.1 Å². The Balaban J connectivity index is 1.61. The van der Waals surface area contributed by atoms with Gasteiger partial charge in [-0.15, -0.1) is 0 Å². The summed E-state index contributed by atoms with van der Waals surface area (Å²) in [5, 5.41) is 6.06. The summed E-state index contributed by atoms with van der Waals surface area (Å²) in [4.78, 5) is 20.7. The van der Waals surface area contributed by atoms with Crippen LogP contribution in [0.4, 0.5) is 11.5 Å². The molecule has 3 aromatic rings. The van der Waals surface area contributed by atoms with Crippen molar-refractivity contribution in [3.63, 3.8) is 0 Å². The van der Waals surface area contributed by atoms with Gasteiger partial charge in [-0.3, -0.25) is 4.79 Å². The highest BCUT2D eigenvalue weighted by Crippen LogP contribution is 2.18. The molecule has 0 bridgehead atoms. The highest BCUT2D eigenvalue weighted by Gasteiger charge is 2.10. The molecule has 0 radical (unpaired) electrons. The molecule has 0 aliphatic carbocycles. The van der Waals surface area contributed by atoms with Gasteiger partial charge in [-0.2, -0.15) is 0 Å². The highest BCUT2D eigenvalue weighted by atomic mass is 16.5. The first-order chi connectivity index (χ1) is 13.5. The van der Waals surface area contributed by atoms with Crippen LogP contribution in [-0.4, -0.2) is 22.0 Å². The van der Waals surface area contributed by atoms with Gasteiger partial charge in [0.05, 0.1) is 6.10 Å². The first-order valence-corrected chi connectivity index (χ1v) is 9.19. The lowest BCUT2D eigenvalue weighted by Crippen LogP contribution is -2.14. The normalized spacial score (nSPS) is 10.6. The third-order valence-corrected chi connectivity index (χ3v) is 3.94. The first kappa shape index (κ1) is 19.4. The van der Waals surface area contributed by atoms with Crippen molar-refractivity contribution < 1.29 is 9.53 Å². The molecule has 0 atom stereocenters. The average molecular weight is 376 g/mol. The van der Waals surface area contributed by atoms with Crippen molar-refractivity contribution in [3.05, 3.63) is 77.7 Å². The van der Waals surface area contributed by atoms with E-state index in [0.717, 1.165) is 11.3 Å². The van der Waals surface area contributed by atoms with Crippen LogP contribution in [-0.2, 0) is 6.54 Å². The highest BCUT2D eigenvalue weighted by molar-refractivity contribution is 6.03. The molecule has 0 aliphatic rings. The third kappa shape index (κ3) is 5.54. The van der Waals surface area contributed by atoms with Gasteiger partial charge in [0.2, 0.25) is 0 Å². The van der Waals surface area contributed by atoms with E-state index in [1.165, 1.54) is 11.9 Å². The molecule has 6 heteroatoms. The fourth-order valence-electron chi connectivity index (χ4n) is 2.68. The van der Waals surface area contributed by atoms with Crippen molar-refractivity contribution in [2.75, 3.05) is 10.6 Å². The Morgan fingerprint density at radius 1 is 1.07 bits per heavy atom. The van der Waals surface area contributed by atoms with E-state index in [4.69, 9.17) is 4.74 Å². The molecule has 0 spiro atoms. The Labute approximate surface area is 165 Å². The van der Waals surface area contributed by atoms with Crippen molar-refractivity contribution in [1.82, 2.24) is 9.97 Å². The Hall–Kier alpha value is -3.41. The summed E-state index contributed by atoms with van der Waals surface area (Å²) in [6.45, 7) is 6.61. The van der Waals surface area contributed by atoms with Crippen LogP contribution in [0.2, 0.25) is 0 Å². The van der Waals surface area contributed by atoms with E-state index in [0.29, 0.717) is 23.7 Å². The zero-order valence-corrected chi connectivity index (χ0v) is 16.3. The van der Waals surface area contributed by atoms with E-state index in [9.17, 15) is 4.79 Å². The predicted octanol–water partition coefficient (Wildman–Crippen LogP) is 4.44. The van der Waals surface area contributed by atoms with Crippen LogP contribution >= 0.6 is 0 Å². The monoisotopic (exact) mass is 376 g/mol. The minimum Gasteiger partial charge on any atom is -0.491 e. The number of nitrogens with zero attached hydrogens (tertiary/aromatic N) is 2. The molecule has 0 saturated heterocycles. The van der Waals surface area contributed by atoms with Gasteiger partial charge in [0, 0.05) is 18.3 Å². The standard InChI is InChI=1S/C22H24N4O2/c1-15(2)28-19-9-7-18(8-10-19)26-22(27)20-12-21(25-14-24-20)23-13-17-6-4-5-16(3)11-17/h4-12,14-15H,13H2,1-3H3,(H,26,27)(H,23,24,25). The summed E-state index contributed by atoms with van der Waals surface area (Å²) in [5.41, 5.74) is 3.32. The number of nitrogens with one attached hydrogen (secondary N) is 2. The minimum atomic E-state index is -0.293. The van der Waals surface area contributed by atoms with Crippen molar-refractivity contribution in [2.45, 2.75) is 33.4 Å². The molecule has 1 amide bonds. The Morgan fingerprint density at radius 3 is 2.57 bits per heavy atom. The number of carbonyl (C=O) groups is 1. The number of carbonyl (C=O) groups excluding carboxylic acids is 1. The number of amides is 1. The number of hydrogen-bond acceptors (Lipinski definition) is 5. The lowest BCUT2D eigenvalue weighted by Gasteiger charge is -2.11. The second-order valence-electron chi connectivity index (χ2n) is 6.78. The number of anilines is 2. The summed E-state index contributed by atoms with van der Waals surface area (Å²) in [5.74, 6) is 1.07. The van der Waals surface area contributed by atoms with E-state index < -0.39 is 0 Å². The fraction of sp³-hybridized carbons (Fsp3) is 0.227. The molecule has 0 aliphatic heterocycles. The number of aromatic nitrogens is 2. The maximum Gasteiger partial charge on any atom is 0.274 e. The van der Waals surface area contributed by atoms with Gasteiger partial charge in [-0.1, -0.05) is 29.8 Å². The van der Waals surface area contributed by atoms with Crippen LogP contribution < -0.4 is 15.4 Å². The van der Waals surface area contributed by atoms with Crippen molar-refractivity contribution >= 4 is 17.4 Å². The SMILES string of the molecule is Cc1cccc(CNc2cc(C(=O)Nc3ccc(OC(C)C)cc3)ncn2)c1. The molecule has 0 unspecified atom stereocenters. The number of aryl methyl sites for hydroxylation is 1. The first-order valence-electron chi connectivity index (χ1n) is 9.19. The molecule has 2 aromatic carbocycles. The van der Waals surface area contributed by atoms with E-state index in [-0.39, 0.29) is 12.0 Å². The Kier molecular flexibility index (Phi) is 6.22. The largest absolute Gasteiger partial charge is 0.491 e. The van der Waals surface area contributed by atoms with E-state index in [2.05, 4.69) is 39.7 Å². The smallest absolute Gasteiger partial charge is 0.274 e. The average Bonchev–Trinajstić information content (AvgIpc) is 2.68. The maximum absolute atomic E-state index is 12.5. The van der Waals surface area contributed by atoms with Gasteiger partial charge in [0.15, 0.2) is 0 Å². The van der Waals surface area contributed by atoms with Crippen LogP contribution in [0.1, 0.15) is 35.5 Å². The summed E-state index contributed by atoms with van der Waals surface area (Å²) in [6, 6.07) is 17.1. The van der Waals surface area contributed by atoms with E-state index in [1.54, 1.807) is 18.2 Å². The van der Waals surface area contributed by atoms with Crippen LogP contribution in [0.25, 0.3) is 0 Å². The molecule has 0 saturated carbocycles. The zero-order chi connectivity index (χ0) is 19.9. The maximum atomic E-state index is 12.5. The summed E-state index contributed by atoms with van der Waals surface area (Å²) >= 11 is 0. The molecule has 28 heavy (non-hydrogen) atoms. The summed E-state index contributed by atoms with van der Waals surface area (Å²) in [7, 11) is 0. The lowest BCUT2D eigenvalue weighted by atomic mass is 10.1. The Morgan fingerprint density at radius 2 is 1.86 bits per heavy atom. The molecular formula is C22H24N4O2. The van der Waals surface area contributed by atoms with Gasteiger partial charge in [0.25, 0.3) is 5.91 Å². The summed E-state index contributed by atoms with van der Waals surface area (Å²) < 4.78 is 5.60. The van der Waals surface area contributed by atoms with Gasteiger partial charge in [-0.25, -0.2) is 9.97 Å². The van der Waals surface area contributed by atoms with E-state index >= 15 is 0 Å². The van der Waals surface area contributed by atoms with Crippen molar-refractivity contribution in [3.8, 4) is 5.75 Å². The molecule has 2 N–H and O–H groups in total. The molecule has 0 fully saturated rings. The van der Waals surface area contributed by atoms with Gasteiger partial charge in [0.1, 0.15) is 23.6 Å². The van der Waals surface area contributed by atoms with Gasteiger partial charge < -0.3 is 15.4 Å². The van der Waals surface area contributed by atoms with Crippen LogP contribution in [0.3, 0.4) is 0 Å². The predicted molar refractivity (Wildman–Crippen MR) is 111 cm³/mol. The second kappa shape index (κ2) is 8.99. The molecule has 1 heterocycles. The van der Waals surface area contributed by atoms with Crippen LogP contribution in [0.5, 0.6) is 5.75 Å². The number of ether oxygens (including phenoxy) is 1. The van der Waals surface area contributed by atoms with Gasteiger partial charge in [-0.05, 0) is 50.6 Å². The van der Waals surface area contributed by atoms with Crippen molar-refractivity contribution in [2.24, 2.45) is 0 Å². The molecule has 144 valence electrons. The second-order valence-corrected chi connectivity index (χ2v) is 6.78. The summed E-state index contributed by atoms with van der Waals surface area (Å²) in [6.07, 6.45) is 1.49. The third-order valence-electron chi connectivity index (χ3n) is 3.94. The van der Waals surface area contributed by atoms with E-state index in [1.807, 2.05) is 38.1 Å². The molecule has 3 rings (SSSR count). The zero-order valence-electron chi connectivity index (χ0n) is 16.3. The fourth-order valence-corrected chi connectivity index (χ4v) is 2.68. The van der Waals surface area contributed by atoms with Crippen LogP contribution in [0, 0.1) is 6.92 Å². The molecule has 1 aromatic heterocycles. The molecular weight excluding hydrogens is 352 g/mol. The van der Waals surface area contributed by atoms with Crippen molar-refractivity contribution in [1.29, 1.82) is 0 Å². The quantitative estimate of drug-likeness (QED) is 0.638. The number of rotatable bonds is 7. The number of hydrogen-bond donors (Lipinski definition) is 2.